The minimum Gasteiger partial charge on any atom is -0.316 e. The third-order valence-electron chi connectivity index (χ3n) is 3.51. The lowest BCUT2D eigenvalue weighted by molar-refractivity contribution is 0.274. The van der Waals surface area contributed by atoms with Gasteiger partial charge in [-0.15, -0.1) is 12.4 Å². The largest absolute Gasteiger partial charge is 0.316 e. The summed E-state index contributed by atoms with van der Waals surface area (Å²) in [6.45, 7) is 2.69. The first-order chi connectivity index (χ1) is 7.64. The van der Waals surface area contributed by atoms with Gasteiger partial charge in [0.15, 0.2) is 0 Å². The van der Waals surface area contributed by atoms with Gasteiger partial charge in [-0.1, -0.05) is 0 Å². The normalized spacial score (nSPS) is 27.9. The molecule has 0 saturated carbocycles. The van der Waals surface area contributed by atoms with E-state index in [9.17, 15) is 8.42 Å². The molecule has 2 fully saturated rings. The molecular weight excluding hydrogens is 262 g/mol. The Morgan fingerprint density at radius 1 is 1.06 bits per heavy atom. The molecule has 0 radical (unpaired) electrons. The number of nitrogens with one attached hydrogen (secondary N) is 1. The fourth-order valence-electron chi connectivity index (χ4n) is 2.47. The molecule has 0 aliphatic carbocycles. The highest BCUT2D eigenvalue weighted by molar-refractivity contribution is 7.86. The average molecular weight is 284 g/mol. The summed E-state index contributed by atoms with van der Waals surface area (Å²) in [5, 5.41) is 3.17. The van der Waals surface area contributed by atoms with Crippen LogP contribution >= 0.6 is 12.4 Å². The van der Waals surface area contributed by atoms with Crippen molar-refractivity contribution in [2.75, 3.05) is 33.2 Å². The molecule has 1 unspecified atom stereocenters. The Morgan fingerprint density at radius 2 is 1.65 bits per heavy atom. The Bertz CT molecular complexity index is 330. The minimum absolute atomic E-state index is 0. The summed E-state index contributed by atoms with van der Waals surface area (Å²) in [4.78, 5) is 0. The van der Waals surface area contributed by atoms with Gasteiger partial charge in [0.1, 0.15) is 0 Å². The molecule has 1 atom stereocenters. The van der Waals surface area contributed by atoms with E-state index in [1.54, 1.807) is 8.61 Å². The highest BCUT2D eigenvalue weighted by atomic mass is 35.5. The smallest absolute Gasteiger partial charge is 0.282 e. The first kappa shape index (κ1) is 15.2. The lowest BCUT2D eigenvalue weighted by Crippen LogP contribution is -2.51. The van der Waals surface area contributed by atoms with Crippen LogP contribution in [0.1, 0.15) is 25.7 Å². The molecule has 7 heteroatoms. The average Bonchev–Trinajstić information content (AvgIpc) is 2.83. The third-order valence-corrected chi connectivity index (χ3v) is 5.51. The summed E-state index contributed by atoms with van der Waals surface area (Å²) < 4.78 is 27.8. The summed E-state index contributed by atoms with van der Waals surface area (Å²) in [6.07, 6.45) is 4.03. The van der Waals surface area contributed by atoms with Crippen molar-refractivity contribution < 1.29 is 8.42 Å². The molecule has 0 spiro atoms. The van der Waals surface area contributed by atoms with Gasteiger partial charge in [0.2, 0.25) is 0 Å². The first-order valence-corrected chi connectivity index (χ1v) is 7.47. The number of hydrogen-bond donors (Lipinski definition) is 1. The minimum atomic E-state index is -3.18. The molecule has 102 valence electrons. The maximum absolute atomic E-state index is 12.3. The third kappa shape index (κ3) is 3.32. The molecule has 2 aliphatic rings. The number of rotatable bonds is 3. The van der Waals surface area contributed by atoms with Crippen LogP contribution in [0.5, 0.6) is 0 Å². The highest BCUT2D eigenvalue weighted by Crippen LogP contribution is 2.20. The van der Waals surface area contributed by atoms with Gasteiger partial charge in [0, 0.05) is 32.2 Å². The van der Waals surface area contributed by atoms with E-state index in [4.69, 9.17) is 0 Å². The van der Waals surface area contributed by atoms with Crippen LogP contribution in [0.4, 0.5) is 0 Å². The fourth-order valence-corrected chi connectivity index (χ4v) is 4.24. The molecule has 17 heavy (non-hydrogen) atoms. The molecule has 2 heterocycles. The van der Waals surface area contributed by atoms with Gasteiger partial charge >= 0.3 is 0 Å². The van der Waals surface area contributed by atoms with E-state index in [0.29, 0.717) is 32.2 Å². The summed E-state index contributed by atoms with van der Waals surface area (Å²) in [7, 11) is -1.28. The molecule has 0 aromatic heterocycles. The van der Waals surface area contributed by atoms with E-state index >= 15 is 0 Å². The highest BCUT2D eigenvalue weighted by Gasteiger charge is 2.34. The number of piperidine rings is 1. The van der Waals surface area contributed by atoms with E-state index < -0.39 is 10.2 Å². The fraction of sp³-hybridized carbons (Fsp3) is 1.00. The van der Waals surface area contributed by atoms with Crippen LogP contribution in [0.25, 0.3) is 0 Å². The molecule has 0 bridgehead atoms. The lowest BCUT2D eigenvalue weighted by atomic mass is 10.1. The van der Waals surface area contributed by atoms with E-state index in [1.807, 2.05) is 7.05 Å². The Labute approximate surface area is 110 Å². The number of hydrogen-bond acceptors (Lipinski definition) is 3. The molecule has 2 rings (SSSR count). The molecule has 0 aromatic rings. The molecule has 2 saturated heterocycles. The van der Waals surface area contributed by atoms with Crippen molar-refractivity contribution in [3.8, 4) is 0 Å². The topological polar surface area (TPSA) is 52.7 Å². The van der Waals surface area contributed by atoms with Crippen molar-refractivity contribution in [1.82, 2.24) is 13.9 Å². The lowest BCUT2D eigenvalue weighted by Gasteiger charge is -2.34. The molecule has 2 aliphatic heterocycles. The van der Waals surface area contributed by atoms with E-state index in [-0.39, 0.29) is 12.4 Å². The zero-order valence-corrected chi connectivity index (χ0v) is 11.9. The second-order valence-corrected chi connectivity index (χ2v) is 6.53. The van der Waals surface area contributed by atoms with Crippen LogP contribution < -0.4 is 5.32 Å². The molecule has 0 aromatic carbocycles. The first-order valence-electron chi connectivity index (χ1n) is 6.07. The van der Waals surface area contributed by atoms with Gasteiger partial charge in [-0.25, -0.2) is 0 Å². The number of likely N-dealkylation sites (N-methyl/N-ethyl adjacent to an activating group) is 1. The predicted octanol–water partition coefficient (Wildman–Crippen LogP) is 0.433. The summed E-state index contributed by atoms with van der Waals surface area (Å²) in [5.74, 6) is 0. The maximum atomic E-state index is 12.3. The predicted molar refractivity (Wildman–Crippen MR) is 70.6 cm³/mol. The molecule has 0 amide bonds. The molecule has 1 N–H and O–H groups in total. The van der Waals surface area contributed by atoms with Gasteiger partial charge in [-0.2, -0.15) is 17.0 Å². The van der Waals surface area contributed by atoms with Crippen LogP contribution in [0.3, 0.4) is 0 Å². The van der Waals surface area contributed by atoms with Gasteiger partial charge in [-0.05, 0) is 32.7 Å². The van der Waals surface area contributed by atoms with Crippen LogP contribution in [-0.2, 0) is 10.2 Å². The van der Waals surface area contributed by atoms with Gasteiger partial charge in [0.25, 0.3) is 10.2 Å². The summed E-state index contributed by atoms with van der Waals surface area (Å²) >= 11 is 0. The van der Waals surface area contributed by atoms with Crippen molar-refractivity contribution in [2.45, 2.75) is 31.7 Å². The molecule has 5 nitrogen and oxygen atoms in total. The monoisotopic (exact) mass is 283 g/mol. The summed E-state index contributed by atoms with van der Waals surface area (Å²) in [6, 6.07) is 0.311. The summed E-state index contributed by atoms with van der Waals surface area (Å²) in [5.41, 5.74) is 0. The van der Waals surface area contributed by atoms with Crippen molar-refractivity contribution in [2.24, 2.45) is 0 Å². The molecular formula is C10H22ClN3O2S. The standard InChI is InChI=1S/C10H21N3O2S.ClH/c1-11-10-5-4-8-13(9-10)16(14,15)12-6-2-3-7-12;/h10-11H,2-9H2,1H3;1H. The van der Waals surface area contributed by atoms with Crippen LogP contribution in [0.15, 0.2) is 0 Å². The SMILES string of the molecule is CNC1CCCN(S(=O)(=O)N2CCCC2)C1.Cl. The number of halogens is 1. The Balaban J connectivity index is 0.00000144. The van der Waals surface area contributed by atoms with E-state index in [2.05, 4.69) is 5.32 Å². The van der Waals surface area contributed by atoms with Gasteiger partial charge < -0.3 is 5.32 Å². The van der Waals surface area contributed by atoms with E-state index in [0.717, 1.165) is 25.7 Å². The Hall–Kier alpha value is 0.120. The zero-order valence-electron chi connectivity index (χ0n) is 10.3. The Kier molecular flexibility index (Phi) is 5.66. The Morgan fingerprint density at radius 3 is 2.24 bits per heavy atom. The van der Waals surface area contributed by atoms with Crippen LogP contribution in [0.2, 0.25) is 0 Å². The quantitative estimate of drug-likeness (QED) is 0.817. The second kappa shape index (κ2) is 6.33. The van der Waals surface area contributed by atoms with Gasteiger partial charge in [-0.3, -0.25) is 0 Å². The van der Waals surface area contributed by atoms with Crippen molar-refractivity contribution >= 4 is 22.6 Å². The van der Waals surface area contributed by atoms with Crippen molar-refractivity contribution in [3.05, 3.63) is 0 Å². The van der Waals surface area contributed by atoms with Crippen molar-refractivity contribution in [1.29, 1.82) is 0 Å². The second-order valence-electron chi connectivity index (χ2n) is 4.60. The van der Waals surface area contributed by atoms with Crippen LogP contribution in [-0.4, -0.2) is 56.3 Å². The number of nitrogens with zero attached hydrogens (tertiary/aromatic N) is 2. The maximum Gasteiger partial charge on any atom is 0.282 e. The van der Waals surface area contributed by atoms with Crippen molar-refractivity contribution in [3.63, 3.8) is 0 Å². The zero-order chi connectivity index (χ0) is 11.6. The van der Waals surface area contributed by atoms with E-state index in [1.165, 1.54) is 0 Å². The van der Waals surface area contributed by atoms with Crippen LogP contribution in [0, 0.1) is 0 Å². The van der Waals surface area contributed by atoms with Gasteiger partial charge in [0.05, 0.1) is 0 Å².